The lowest BCUT2D eigenvalue weighted by Gasteiger charge is -2.11. The van der Waals surface area contributed by atoms with Crippen LogP contribution in [0.3, 0.4) is 0 Å². The van der Waals surface area contributed by atoms with Crippen LogP contribution in [0.4, 0.5) is 11.4 Å². The Morgan fingerprint density at radius 2 is 1.00 bits per heavy atom. The third kappa shape index (κ3) is 7.66. The number of carbonyl (C=O) groups excluding carboxylic acids is 1. The third-order valence-electron chi connectivity index (χ3n) is 5.50. The molecule has 0 aliphatic carbocycles. The van der Waals surface area contributed by atoms with Gasteiger partial charge in [0.25, 0.3) is 40.5 Å². The van der Waals surface area contributed by atoms with E-state index >= 15 is 0 Å². The molecular weight excluding hydrogens is 661 g/mol. The number of fused-ring (bicyclic) bond motifs is 2. The van der Waals surface area contributed by atoms with Crippen molar-refractivity contribution in [2.45, 2.75) is 26.5 Å². The normalized spacial score (nSPS) is 12.5. The summed E-state index contributed by atoms with van der Waals surface area (Å²) in [7, 11) is -18.6. The van der Waals surface area contributed by atoms with Crippen LogP contribution in [0.1, 0.15) is 6.92 Å². The van der Waals surface area contributed by atoms with Gasteiger partial charge in [0.2, 0.25) is 5.91 Å². The van der Waals surface area contributed by atoms with E-state index in [0.717, 1.165) is 55.5 Å². The van der Waals surface area contributed by atoms with Crippen molar-refractivity contribution in [2.75, 3.05) is 11.1 Å². The second kappa shape index (κ2) is 11.2. The molecule has 4 aromatic carbocycles. The maximum atomic E-state index is 11.4. The highest BCUT2D eigenvalue weighted by molar-refractivity contribution is 7.86. The van der Waals surface area contributed by atoms with E-state index in [4.69, 9.17) is 19.4 Å². The van der Waals surface area contributed by atoms with Gasteiger partial charge in [-0.15, -0.1) is 0 Å². The van der Waals surface area contributed by atoms with Crippen molar-refractivity contribution < 1.29 is 66.9 Å². The Kier molecular flexibility index (Phi) is 8.70. The summed E-state index contributed by atoms with van der Waals surface area (Å²) in [6, 6.07) is 7.31. The summed E-state index contributed by atoms with van der Waals surface area (Å²) < 4.78 is 126. The lowest BCUT2D eigenvalue weighted by atomic mass is 10.1. The van der Waals surface area contributed by atoms with Crippen LogP contribution in [0.5, 0.6) is 11.5 Å². The van der Waals surface area contributed by atoms with Gasteiger partial charge < -0.3 is 21.3 Å². The Bertz CT molecular complexity index is 2270. The molecule has 17 nitrogen and oxygen atoms in total. The Hall–Kier alpha value is -4.09. The summed E-state index contributed by atoms with van der Waals surface area (Å²) in [4.78, 5) is 8.55. The zero-order chi connectivity index (χ0) is 32.9. The first-order chi connectivity index (χ1) is 19.4. The van der Waals surface area contributed by atoms with E-state index in [1.807, 2.05) is 0 Å². The number of nitrogens with two attached hydrogens (primary N) is 1. The Balaban J connectivity index is 0.000000238. The number of carbonyl (C=O) groups is 1. The monoisotopic (exact) mass is 680 g/mol. The van der Waals surface area contributed by atoms with Crippen LogP contribution in [0.2, 0.25) is 0 Å². The SMILES string of the molecule is CC(=O)Nc1cc2c(O)cc(S(=O)(=O)O)cc2cc1S(=O)(=O)O.Nc1cc2c(O)cc(S(=O)(=O)O)cc2cc1S(=O)(=O)O. The number of amides is 1. The summed E-state index contributed by atoms with van der Waals surface area (Å²) in [5, 5.41) is 21.7. The fraction of sp³-hybridized carbons (Fsp3) is 0.0455. The van der Waals surface area contributed by atoms with Gasteiger partial charge in [0.05, 0.1) is 21.2 Å². The van der Waals surface area contributed by atoms with Crippen molar-refractivity contribution in [1.29, 1.82) is 0 Å². The molecule has 43 heavy (non-hydrogen) atoms. The second-order valence-electron chi connectivity index (χ2n) is 8.65. The Morgan fingerprint density at radius 1 is 0.605 bits per heavy atom. The van der Waals surface area contributed by atoms with Gasteiger partial charge >= 0.3 is 0 Å². The molecule has 9 N–H and O–H groups in total. The molecule has 232 valence electrons. The number of anilines is 2. The first-order valence-electron chi connectivity index (χ1n) is 10.9. The number of aromatic hydroxyl groups is 2. The molecule has 0 aliphatic rings. The van der Waals surface area contributed by atoms with Crippen LogP contribution in [-0.2, 0) is 45.3 Å². The molecule has 21 heteroatoms. The number of phenols is 2. The first-order valence-corrected chi connectivity index (χ1v) is 16.7. The van der Waals surface area contributed by atoms with Crippen molar-refractivity contribution in [1.82, 2.24) is 0 Å². The molecule has 0 saturated carbocycles. The van der Waals surface area contributed by atoms with Crippen molar-refractivity contribution in [3.63, 3.8) is 0 Å². The summed E-state index contributed by atoms with van der Waals surface area (Å²) >= 11 is 0. The van der Waals surface area contributed by atoms with Gasteiger partial charge in [-0.25, -0.2) is 0 Å². The van der Waals surface area contributed by atoms with Gasteiger partial charge in [-0.3, -0.25) is 23.0 Å². The standard InChI is InChI=1S/C12H11NO8S2.C10H9NO7S2/c1-6(14)13-10-5-9-7(3-12(10)23(19,20)21)2-8(4-11(9)15)22(16,17)18;11-8-4-7-5(2-10(8)20(16,17)18)1-6(3-9(7)12)19(13,14)15/h2-5,15H,1H3,(H,13,14)(H,16,17,18)(H,19,20,21);1-4,12H,11H2,(H,13,14,15)(H,16,17,18). The maximum absolute atomic E-state index is 11.4. The molecule has 4 aromatic rings. The zero-order valence-electron chi connectivity index (χ0n) is 21.2. The van der Waals surface area contributed by atoms with Crippen molar-refractivity contribution in [3.05, 3.63) is 48.5 Å². The topological polar surface area (TPSA) is 313 Å². The van der Waals surface area contributed by atoms with E-state index in [0.29, 0.717) is 0 Å². The van der Waals surface area contributed by atoms with Crippen LogP contribution < -0.4 is 11.1 Å². The molecular formula is C22H20N2O15S4. The van der Waals surface area contributed by atoms with Crippen LogP contribution >= 0.6 is 0 Å². The van der Waals surface area contributed by atoms with E-state index in [1.165, 1.54) is 0 Å². The smallest absolute Gasteiger partial charge is 0.296 e. The van der Waals surface area contributed by atoms with Crippen molar-refractivity contribution >= 4 is 79.3 Å². The third-order valence-corrected chi connectivity index (χ3v) is 8.97. The summed E-state index contributed by atoms with van der Waals surface area (Å²) in [6.07, 6.45) is 0. The molecule has 4 rings (SSSR count). The van der Waals surface area contributed by atoms with Crippen molar-refractivity contribution in [3.8, 4) is 11.5 Å². The fourth-order valence-corrected chi connectivity index (χ4v) is 6.10. The van der Waals surface area contributed by atoms with E-state index in [2.05, 4.69) is 5.32 Å². The van der Waals surface area contributed by atoms with Gasteiger partial charge in [0.15, 0.2) is 0 Å². The Morgan fingerprint density at radius 3 is 1.37 bits per heavy atom. The number of nitrogens with one attached hydrogen (secondary N) is 1. The predicted octanol–water partition coefficient (Wildman–Crippen LogP) is 1.62. The number of benzene rings is 4. The molecule has 0 fully saturated rings. The lowest BCUT2D eigenvalue weighted by Crippen LogP contribution is -2.11. The predicted molar refractivity (Wildman–Crippen MR) is 149 cm³/mol. The van der Waals surface area contributed by atoms with Gasteiger partial charge in [0.1, 0.15) is 21.3 Å². The van der Waals surface area contributed by atoms with Crippen LogP contribution in [0.25, 0.3) is 21.5 Å². The molecule has 0 saturated heterocycles. The highest BCUT2D eigenvalue weighted by atomic mass is 32.2. The van der Waals surface area contributed by atoms with Crippen LogP contribution in [0.15, 0.2) is 68.1 Å². The first kappa shape index (κ1) is 33.4. The van der Waals surface area contributed by atoms with Gasteiger partial charge in [-0.2, -0.15) is 33.7 Å². The number of nitrogen functional groups attached to an aromatic ring is 1. The van der Waals surface area contributed by atoms with Gasteiger partial charge in [0, 0.05) is 29.8 Å². The lowest BCUT2D eigenvalue weighted by molar-refractivity contribution is -0.114. The molecule has 0 aliphatic heterocycles. The average molecular weight is 681 g/mol. The molecule has 0 aromatic heterocycles. The highest BCUT2D eigenvalue weighted by Crippen LogP contribution is 2.35. The van der Waals surface area contributed by atoms with Crippen LogP contribution in [-0.4, -0.2) is 68.0 Å². The average Bonchev–Trinajstić information content (AvgIpc) is 2.81. The quantitative estimate of drug-likeness (QED) is 0.110. The molecule has 0 spiro atoms. The molecule has 0 heterocycles. The van der Waals surface area contributed by atoms with E-state index < -0.39 is 77.5 Å². The van der Waals surface area contributed by atoms with Crippen molar-refractivity contribution in [2.24, 2.45) is 0 Å². The number of rotatable bonds is 5. The van der Waals surface area contributed by atoms with Gasteiger partial charge in [-0.1, -0.05) is 0 Å². The summed E-state index contributed by atoms with van der Waals surface area (Å²) in [5.41, 5.74) is 4.85. The minimum atomic E-state index is -4.74. The fourth-order valence-electron chi connectivity index (χ4n) is 3.73. The number of hydrogen-bond acceptors (Lipinski definition) is 12. The summed E-state index contributed by atoms with van der Waals surface area (Å²) in [6.45, 7) is 1.11. The minimum Gasteiger partial charge on any atom is -0.507 e. The van der Waals surface area contributed by atoms with E-state index in [9.17, 15) is 53.2 Å². The largest absolute Gasteiger partial charge is 0.507 e. The summed E-state index contributed by atoms with van der Waals surface area (Å²) in [5.74, 6) is -1.70. The van der Waals surface area contributed by atoms with E-state index in [-0.39, 0.29) is 32.9 Å². The highest BCUT2D eigenvalue weighted by Gasteiger charge is 2.21. The molecule has 0 unspecified atom stereocenters. The van der Waals surface area contributed by atoms with Gasteiger partial charge in [-0.05, 0) is 47.2 Å². The van der Waals surface area contributed by atoms with Crippen LogP contribution in [0, 0.1) is 0 Å². The number of phenolic OH excluding ortho intramolecular Hbond substituents is 2. The molecule has 1 amide bonds. The Labute approximate surface area is 243 Å². The number of hydrogen-bond donors (Lipinski definition) is 8. The molecule has 0 atom stereocenters. The molecule has 0 radical (unpaired) electrons. The molecule has 0 bridgehead atoms. The minimum absolute atomic E-state index is 0.00792. The maximum Gasteiger partial charge on any atom is 0.296 e. The van der Waals surface area contributed by atoms with E-state index in [1.54, 1.807) is 0 Å². The second-order valence-corrected chi connectivity index (χ2v) is 14.3. The zero-order valence-corrected chi connectivity index (χ0v) is 24.5.